The van der Waals surface area contributed by atoms with Crippen molar-refractivity contribution in [3.05, 3.63) is 132 Å². The van der Waals surface area contributed by atoms with Gasteiger partial charge < -0.3 is 41.1 Å². The van der Waals surface area contributed by atoms with Crippen molar-refractivity contribution in [2.45, 2.75) is 6.92 Å². The van der Waals surface area contributed by atoms with Crippen LogP contribution in [0.1, 0.15) is 5.56 Å². The average Bonchev–Trinajstić information content (AvgIpc) is 3.97. The number of rotatable bonds is 8. The highest BCUT2D eigenvalue weighted by atomic mass is 35.5. The van der Waals surface area contributed by atoms with Gasteiger partial charge in [0, 0.05) is 72.8 Å². The molecule has 330 valence electrons. The number of nitrogens with one attached hydrogen (secondary N) is 1. The minimum Gasteiger partial charge on any atom is -0.484 e. The second kappa shape index (κ2) is 19.4. The number of aryl methyl sites for hydroxylation is 1. The number of halogens is 1. The van der Waals surface area contributed by atoms with Crippen LogP contribution in [0.4, 0.5) is 34.0 Å². The zero-order chi connectivity index (χ0) is 44.9. The van der Waals surface area contributed by atoms with Crippen molar-refractivity contribution in [1.82, 2.24) is 29.7 Å². The van der Waals surface area contributed by atoms with Gasteiger partial charge in [-0.15, -0.1) is 22.7 Å². The molecule has 5 N–H and O–H groups in total. The predicted octanol–water partition coefficient (Wildman–Crippen LogP) is 8.92. The zero-order valence-corrected chi connectivity index (χ0v) is 38.0. The molecule has 0 bridgehead atoms. The van der Waals surface area contributed by atoms with Gasteiger partial charge in [-0.05, 0) is 72.1 Å². The lowest BCUT2D eigenvalue weighted by Gasteiger charge is -2.35. The molecule has 17 heteroatoms. The topological polar surface area (TPSA) is 172 Å². The van der Waals surface area contributed by atoms with Crippen molar-refractivity contribution in [2.24, 2.45) is 0 Å². The normalized spacial score (nSPS) is 14.0. The first-order valence-corrected chi connectivity index (χ1v) is 23.2. The molecule has 3 amide bonds. The third kappa shape index (κ3) is 10.2. The SMILES string of the molecule is Cc1cccc(NC(=O)N2CCN(c3nc(N)nc4sc(-c5ccccc5)cc34)CC2)c1.Nc1nc(N2CCN(C(=O)COc3ccc(Cl)cc3)CC2)c2cc(-c3ccccc3)sc2n1. The quantitative estimate of drug-likeness (QED) is 0.133. The Morgan fingerprint density at radius 1 is 0.631 bits per heavy atom. The number of piperazine rings is 2. The van der Waals surface area contributed by atoms with Crippen LogP contribution in [0.25, 0.3) is 41.3 Å². The second-order valence-corrected chi connectivity index (χ2v) is 18.1. The number of thiophene rings is 2. The van der Waals surface area contributed by atoms with Gasteiger partial charge in [-0.3, -0.25) is 4.79 Å². The highest BCUT2D eigenvalue weighted by Crippen LogP contribution is 2.39. The summed E-state index contributed by atoms with van der Waals surface area (Å²) in [6, 6.07) is 39.4. The van der Waals surface area contributed by atoms with E-state index in [0.29, 0.717) is 63.1 Å². The van der Waals surface area contributed by atoms with E-state index in [1.54, 1.807) is 46.9 Å². The molecule has 10 rings (SSSR count). The van der Waals surface area contributed by atoms with Gasteiger partial charge in [-0.25, -0.2) is 14.8 Å². The van der Waals surface area contributed by atoms with Crippen molar-refractivity contribution in [3.63, 3.8) is 0 Å². The fourth-order valence-electron chi connectivity index (χ4n) is 7.80. The number of hydrogen-bond donors (Lipinski definition) is 3. The Balaban J connectivity index is 0.000000164. The van der Waals surface area contributed by atoms with Gasteiger partial charge in [0.15, 0.2) is 6.61 Å². The summed E-state index contributed by atoms with van der Waals surface area (Å²) >= 11 is 9.11. The number of nitrogens with two attached hydrogens (primary N) is 2. The smallest absolute Gasteiger partial charge is 0.321 e. The molecule has 8 aromatic rings. The Morgan fingerprint density at radius 2 is 1.14 bits per heavy atom. The van der Waals surface area contributed by atoms with Crippen LogP contribution < -0.4 is 31.3 Å². The van der Waals surface area contributed by atoms with Crippen LogP contribution in [0.2, 0.25) is 5.02 Å². The van der Waals surface area contributed by atoms with Crippen molar-refractivity contribution < 1.29 is 14.3 Å². The Bertz CT molecular complexity index is 2940. The molecule has 2 saturated heterocycles. The fourth-order valence-corrected chi connectivity index (χ4v) is 10.0. The minimum absolute atomic E-state index is 0.00268. The number of anilines is 5. The molecule has 0 unspecified atom stereocenters. The van der Waals surface area contributed by atoms with E-state index in [9.17, 15) is 9.59 Å². The molecular formula is C48H46ClN11O3S2. The number of carbonyl (C=O) groups is 2. The van der Waals surface area contributed by atoms with Crippen LogP contribution in [0.5, 0.6) is 5.75 Å². The lowest BCUT2D eigenvalue weighted by molar-refractivity contribution is -0.133. The number of aromatic nitrogens is 4. The number of fused-ring (bicyclic) bond motifs is 2. The number of nitrogens with zero attached hydrogens (tertiary/aromatic N) is 8. The van der Waals surface area contributed by atoms with Gasteiger partial charge in [0.25, 0.3) is 5.91 Å². The van der Waals surface area contributed by atoms with E-state index in [0.717, 1.165) is 64.2 Å². The Hall–Kier alpha value is -7.01. The number of ether oxygens (including phenoxy) is 1. The highest BCUT2D eigenvalue weighted by molar-refractivity contribution is 7.22. The van der Waals surface area contributed by atoms with Crippen molar-refractivity contribution in [2.75, 3.05) is 85.5 Å². The average molecular weight is 925 g/mol. The number of nitrogen functional groups attached to an aromatic ring is 2. The number of amides is 3. The molecule has 65 heavy (non-hydrogen) atoms. The monoisotopic (exact) mass is 923 g/mol. The second-order valence-electron chi connectivity index (χ2n) is 15.6. The zero-order valence-electron chi connectivity index (χ0n) is 35.6. The lowest BCUT2D eigenvalue weighted by Crippen LogP contribution is -2.50. The van der Waals surface area contributed by atoms with E-state index in [1.165, 1.54) is 0 Å². The predicted molar refractivity (Wildman–Crippen MR) is 264 cm³/mol. The van der Waals surface area contributed by atoms with Crippen LogP contribution in [0.3, 0.4) is 0 Å². The fraction of sp³-hybridized carbons (Fsp3) is 0.208. The summed E-state index contributed by atoms with van der Waals surface area (Å²) in [5.74, 6) is 2.77. The highest BCUT2D eigenvalue weighted by Gasteiger charge is 2.26. The molecule has 4 aromatic carbocycles. The Morgan fingerprint density at radius 3 is 1.65 bits per heavy atom. The first-order chi connectivity index (χ1) is 31.6. The van der Waals surface area contributed by atoms with Gasteiger partial charge in [-0.1, -0.05) is 84.4 Å². The summed E-state index contributed by atoms with van der Waals surface area (Å²) in [7, 11) is 0. The molecule has 6 heterocycles. The van der Waals surface area contributed by atoms with Crippen molar-refractivity contribution in [1.29, 1.82) is 0 Å². The van der Waals surface area contributed by atoms with Crippen molar-refractivity contribution in [3.8, 4) is 26.6 Å². The lowest BCUT2D eigenvalue weighted by atomic mass is 10.2. The first kappa shape index (κ1) is 43.3. The number of benzene rings is 4. The summed E-state index contributed by atoms with van der Waals surface area (Å²) in [4.78, 5) is 55.4. The maximum Gasteiger partial charge on any atom is 0.321 e. The van der Waals surface area contributed by atoms with E-state index >= 15 is 0 Å². The van der Waals surface area contributed by atoms with Crippen LogP contribution in [-0.2, 0) is 4.79 Å². The molecule has 2 aliphatic rings. The third-order valence-electron chi connectivity index (χ3n) is 11.1. The van der Waals surface area contributed by atoms with E-state index in [4.69, 9.17) is 27.8 Å². The molecule has 14 nitrogen and oxygen atoms in total. The molecule has 2 fully saturated rings. The minimum atomic E-state index is -0.0792. The van der Waals surface area contributed by atoms with Gasteiger partial charge >= 0.3 is 6.03 Å². The van der Waals surface area contributed by atoms with Crippen LogP contribution >= 0.6 is 34.3 Å². The number of carbonyl (C=O) groups excluding carboxylic acids is 2. The summed E-state index contributed by atoms with van der Waals surface area (Å²) in [6.07, 6.45) is 0. The molecular weight excluding hydrogens is 878 g/mol. The number of urea groups is 1. The molecule has 0 saturated carbocycles. The molecule has 0 atom stereocenters. The van der Waals surface area contributed by atoms with Crippen molar-refractivity contribution >= 4 is 95.9 Å². The largest absolute Gasteiger partial charge is 0.484 e. The van der Waals surface area contributed by atoms with Crippen LogP contribution in [0, 0.1) is 6.92 Å². The molecule has 0 spiro atoms. The van der Waals surface area contributed by atoms with Crippen LogP contribution in [-0.4, -0.2) is 101 Å². The third-order valence-corrected chi connectivity index (χ3v) is 13.5. The molecule has 2 aliphatic heterocycles. The standard InChI is InChI=1S/C24H22ClN5O2S.C24H24N6OS/c25-17-6-8-18(9-7-17)32-15-21(31)29-10-12-30(13-11-29)22-19-14-20(16-4-2-1-3-5-16)33-23(19)28-24(26)27-22;1-16-6-5-9-18(14-16)26-24(31)30-12-10-29(11-13-30)21-19-15-20(17-7-3-2-4-8-17)32-22(19)28-23(25)27-21/h1-9,14H,10-13,15H2,(H2,26,27,28);2-9,14-15H,10-13H2,1H3,(H,26,31)(H2,25,27,28). The number of hydrogen-bond acceptors (Lipinski definition) is 13. The maximum absolute atomic E-state index is 12.7. The first-order valence-electron chi connectivity index (χ1n) is 21.2. The summed E-state index contributed by atoms with van der Waals surface area (Å²) in [5, 5.41) is 5.61. The van der Waals surface area contributed by atoms with E-state index in [2.05, 4.69) is 71.5 Å². The van der Waals surface area contributed by atoms with E-state index in [1.807, 2.05) is 77.4 Å². The maximum atomic E-state index is 12.7. The molecule has 4 aromatic heterocycles. The van der Waals surface area contributed by atoms with Gasteiger partial charge in [0.1, 0.15) is 27.0 Å². The van der Waals surface area contributed by atoms with E-state index in [-0.39, 0.29) is 30.4 Å². The van der Waals surface area contributed by atoms with Gasteiger partial charge in [0.2, 0.25) is 11.9 Å². The Labute approximate surface area is 389 Å². The molecule has 0 radical (unpaired) electrons. The van der Waals surface area contributed by atoms with Crippen LogP contribution in [0.15, 0.2) is 121 Å². The molecule has 0 aliphatic carbocycles. The Kier molecular flexibility index (Phi) is 12.9. The van der Waals surface area contributed by atoms with E-state index < -0.39 is 0 Å². The summed E-state index contributed by atoms with van der Waals surface area (Å²) in [6.45, 7) is 7.09. The van der Waals surface area contributed by atoms with Gasteiger partial charge in [-0.2, -0.15) is 9.97 Å². The summed E-state index contributed by atoms with van der Waals surface area (Å²) in [5.41, 5.74) is 16.3. The van der Waals surface area contributed by atoms with Gasteiger partial charge in [0.05, 0.1) is 10.8 Å². The summed E-state index contributed by atoms with van der Waals surface area (Å²) < 4.78 is 5.61.